The highest BCUT2D eigenvalue weighted by Crippen LogP contribution is 2.43. The summed E-state index contributed by atoms with van der Waals surface area (Å²) < 4.78 is 30.1. The Labute approximate surface area is 156 Å². The van der Waals surface area contributed by atoms with Crippen molar-refractivity contribution in [1.29, 1.82) is 0 Å². The summed E-state index contributed by atoms with van der Waals surface area (Å²) in [5, 5.41) is 4.76. The molecule has 2 aromatic rings. The van der Waals surface area contributed by atoms with Gasteiger partial charge in [-0.05, 0) is 17.7 Å². The summed E-state index contributed by atoms with van der Waals surface area (Å²) in [6, 6.07) is 3.20. The predicted octanol–water partition coefficient (Wildman–Crippen LogP) is 6.44. The minimum atomic E-state index is -3.01. The third-order valence-electron chi connectivity index (χ3n) is 2.72. The highest BCUT2D eigenvalue weighted by molar-refractivity contribution is 9.24. The Balaban J connectivity index is 2.60. The summed E-state index contributed by atoms with van der Waals surface area (Å²) >= 11 is 25.0. The first-order valence-electron chi connectivity index (χ1n) is 5.67. The molecular weight excluding hydrogens is 492 g/mol. The van der Waals surface area contributed by atoms with E-state index in [1.807, 2.05) is 0 Å². The van der Waals surface area contributed by atoms with E-state index in [0.29, 0.717) is 16.1 Å². The molecule has 0 aliphatic carbocycles. The van der Waals surface area contributed by atoms with Crippen molar-refractivity contribution in [3.8, 4) is 17.1 Å². The van der Waals surface area contributed by atoms with E-state index >= 15 is 0 Å². The monoisotopic (exact) mass is 496 g/mol. The molecule has 0 atom stereocenters. The van der Waals surface area contributed by atoms with Crippen LogP contribution in [-0.4, -0.2) is 16.4 Å². The van der Waals surface area contributed by atoms with Gasteiger partial charge in [0.2, 0.25) is 5.88 Å². The Bertz CT molecular complexity index is 710. The normalized spacial score (nSPS) is 11.5. The molecule has 0 bridgehead atoms. The third kappa shape index (κ3) is 3.70. The minimum absolute atomic E-state index is 0.0568. The van der Waals surface area contributed by atoms with Crippen molar-refractivity contribution < 1.29 is 13.5 Å². The highest BCUT2D eigenvalue weighted by atomic mass is 79.9. The molecule has 2 rings (SSSR count). The minimum Gasteiger partial charge on any atom is -0.416 e. The molecule has 0 fully saturated rings. The van der Waals surface area contributed by atoms with Gasteiger partial charge in [-0.25, -0.2) is 4.68 Å². The molecule has 0 unspecified atom stereocenters. The molecule has 0 radical (unpaired) electrons. The van der Waals surface area contributed by atoms with Gasteiger partial charge in [-0.3, -0.25) is 0 Å². The van der Waals surface area contributed by atoms with E-state index in [2.05, 4.69) is 41.7 Å². The van der Waals surface area contributed by atoms with Gasteiger partial charge in [0.05, 0.1) is 8.76 Å². The van der Waals surface area contributed by atoms with Gasteiger partial charge >= 0.3 is 6.61 Å². The Morgan fingerprint density at radius 1 is 1.18 bits per heavy atom. The van der Waals surface area contributed by atoms with E-state index in [1.165, 1.54) is 13.1 Å². The molecule has 3 nitrogen and oxygen atoms in total. The van der Waals surface area contributed by atoms with E-state index < -0.39 is 6.61 Å². The second kappa shape index (κ2) is 7.21. The van der Waals surface area contributed by atoms with Crippen LogP contribution in [0.5, 0.6) is 5.88 Å². The lowest BCUT2D eigenvalue weighted by atomic mass is 10.1. The van der Waals surface area contributed by atoms with Crippen LogP contribution in [0.1, 0.15) is 9.30 Å². The van der Waals surface area contributed by atoms with Gasteiger partial charge in [0.1, 0.15) is 10.7 Å². The van der Waals surface area contributed by atoms with E-state index in [-0.39, 0.29) is 25.4 Å². The molecule has 1 aromatic carbocycles. The lowest BCUT2D eigenvalue weighted by molar-refractivity contribution is -0.0552. The molecular formula is C12H7Br2Cl3F2N2O. The second-order valence-electron chi connectivity index (χ2n) is 4.12. The van der Waals surface area contributed by atoms with Gasteiger partial charge in [0.15, 0.2) is 0 Å². The van der Waals surface area contributed by atoms with Crippen LogP contribution in [0.2, 0.25) is 15.1 Å². The van der Waals surface area contributed by atoms with Crippen molar-refractivity contribution in [3.63, 3.8) is 0 Å². The van der Waals surface area contributed by atoms with E-state index in [0.717, 1.165) is 4.68 Å². The summed E-state index contributed by atoms with van der Waals surface area (Å²) in [5.41, 5.74) is 1.37. The zero-order valence-corrected chi connectivity index (χ0v) is 16.2. The van der Waals surface area contributed by atoms with Crippen LogP contribution < -0.4 is 4.74 Å². The third-order valence-corrected chi connectivity index (χ3v) is 4.68. The number of hydrogen-bond acceptors (Lipinski definition) is 2. The van der Waals surface area contributed by atoms with Gasteiger partial charge < -0.3 is 4.74 Å². The summed E-state index contributed by atoms with van der Waals surface area (Å²) in [5.74, 6) is -0.242. The molecule has 22 heavy (non-hydrogen) atoms. The van der Waals surface area contributed by atoms with Crippen LogP contribution >= 0.6 is 66.7 Å². The molecule has 1 heterocycles. The molecule has 0 aliphatic heterocycles. The average molecular weight is 499 g/mol. The first-order chi connectivity index (χ1) is 10.2. The standard InChI is InChI=1S/C12H7Br2Cl3F2N2O/c1-21-11(22-12(18)19)8(17)9(20-21)4-2-5(10(13)14)7(16)3-6(4)15/h2-3,10,12H,1H3. The fourth-order valence-electron chi connectivity index (χ4n) is 1.78. The summed E-state index contributed by atoms with van der Waals surface area (Å²) in [4.78, 5) is 0. The van der Waals surface area contributed by atoms with Gasteiger partial charge in [0.25, 0.3) is 0 Å². The number of alkyl halides is 4. The zero-order valence-electron chi connectivity index (χ0n) is 10.8. The molecule has 0 saturated carbocycles. The number of ether oxygens (including phenoxy) is 1. The first-order valence-corrected chi connectivity index (χ1v) is 8.63. The van der Waals surface area contributed by atoms with Crippen molar-refractivity contribution in [2.75, 3.05) is 0 Å². The number of halogens is 7. The molecule has 0 aliphatic rings. The smallest absolute Gasteiger partial charge is 0.388 e. The lowest BCUT2D eigenvalue weighted by Gasteiger charge is -2.10. The van der Waals surface area contributed by atoms with Crippen molar-refractivity contribution in [3.05, 3.63) is 32.8 Å². The quantitative estimate of drug-likeness (QED) is 0.453. The summed E-state index contributed by atoms with van der Waals surface area (Å²) in [6.07, 6.45) is 0. The van der Waals surface area contributed by atoms with Crippen LogP contribution in [0.25, 0.3) is 11.3 Å². The second-order valence-corrected chi connectivity index (χ2v) is 8.38. The molecule has 1 aromatic heterocycles. The van der Waals surface area contributed by atoms with Crippen LogP contribution in [0.15, 0.2) is 12.1 Å². The maximum Gasteiger partial charge on any atom is 0.388 e. The van der Waals surface area contributed by atoms with E-state index in [4.69, 9.17) is 34.8 Å². The molecule has 0 amide bonds. The van der Waals surface area contributed by atoms with Crippen molar-refractivity contribution in [1.82, 2.24) is 9.78 Å². The van der Waals surface area contributed by atoms with Gasteiger partial charge in [0, 0.05) is 17.6 Å². The fourth-order valence-corrected chi connectivity index (χ4v) is 3.69. The molecule has 0 spiro atoms. The lowest BCUT2D eigenvalue weighted by Crippen LogP contribution is -2.06. The first kappa shape index (κ1) is 18.3. The largest absolute Gasteiger partial charge is 0.416 e. The average Bonchev–Trinajstić information content (AvgIpc) is 2.66. The maximum atomic E-state index is 12.4. The van der Waals surface area contributed by atoms with Gasteiger partial charge in [-0.2, -0.15) is 13.9 Å². The predicted molar refractivity (Wildman–Crippen MR) is 90.9 cm³/mol. The number of aryl methyl sites for hydroxylation is 1. The Hall–Kier alpha value is -0.0800. The van der Waals surface area contributed by atoms with Crippen LogP contribution in [0.3, 0.4) is 0 Å². The number of hydrogen-bond donors (Lipinski definition) is 0. The zero-order chi connectivity index (χ0) is 16.6. The van der Waals surface area contributed by atoms with E-state index in [9.17, 15) is 8.78 Å². The van der Waals surface area contributed by atoms with Crippen molar-refractivity contribution >= 4 is 66.7 Å². The molecule has 0 N–H and O–H groups in total. The number of benzene rings is 1. The van der Waals surface area contributed by atoms with E-state index in [1.54, 1.807) is 6.07 Å². The van der Waals surface area contributed by atoms with Crippen LogP contribution in [-0.2, 0) is 7.05 Å². The fraction of sp³-hybridized carbons (Fsp3) is 0.250. The number of aromatic nitrogens is 2. The van der Waals surface area contributed by atoms with Crippen molar-refractivity contribution in [2.45, 2.75) is 10.3 Å². The molecule has 0 saturated heterocycles. The number of rotatable bonds is 4. The Morgan fingerprint density at radius 2 is 1.82 bits per heavy atom. The van der Waals surface area contributed by atoms with Crippen LogP contribution in [0, 0.1) is 0 Å². The highest BCUT2D eigenvalue weighted by Gasteiger charge is 2.23. The Morgan fingerprint density at radius 3 is 2.36 bits per heavy atom. The summed E-state index contributed by atoms with van der Waals surface area (Å²) in [6.45, 7) is -3.01. The van der Waals surface area contributed by atoms with Gasteiger partial charge in [-0.15, -0.1) is 0 Å². The number of nitrogens with zero attached hydrogens (tertiary/aromatic N) is 2. The molecule has 120 valence electrons. The maximum absolute atomic E-state index is 12.4. The Kier molecular flexibility index (Phi) is 5.99. The topological polar surface area (TPSA) is 27.1 Å². The van der Waals surface area contributed by atoms with Crippen LogP contribution in [0.4, 0.5) is 8.78 Å². The molecule has 10 heteroatoms. The van der Waals surface area contributed by atoms with Crippen molar-refractivity contribution in [2.24, 2.45) is 7.05 Å². The van der Waals surface area contributed by atoms with Gasteiger partial charge in [-0.1, -0.05) is 66.7 Å². The SMILES string of the molecule is Cn1nc(-c2cc(C(Br)Br)c(Cl)cc2Cl)c(Cl)c1OC(F)F. The summed E-state index contributed by atoms with van der Waals surface area (Å²) in [7, 11) is 1.44.